The molecule has 0 heterocycles. The van der Waals surface area contributed by atoms with Gasteiger partial charge in [0.2, 0.25) is 0 Å². The van der Waals surface area contributed by atoms with Crippen molar-refractivity contribution >= 4 is 29.4 Å². The monoisotopic (exact) mass is 249 g/mol. The maximum absolute atomic E-state index is 9.68. The van der Waals surface area contributed by atoms with E-state index in [2.05, 4.69) is 61.2 Å². The number of aliphatic carboxylic acids is 1. The zero-order valence-electron chi connectivity index (χ0n) is 9.28. The van der Waals surface area contributed by atoms with Gasteiger partial charge in [0.15, 0.2) is 0 Å². The Bertz CT molecular complexity index is 420. The number of thiol groups is 1. The molecule has 0 aliphatic carbocycles. The van der Waals surface area contributed by atoms with E-state index in [1.807, 2.05) is 0 Å². The molecule has 0 radical (unpaired) electrons. The molecule has 0 aliphatic heterocycles. The second-order valence-electron chi connectivity index (χ2n) is 3.51. The van der Waals surface area contributed by atoms with E-state index in [0.29, 0.717) is 0 Å². The van der Waals surface area contributed by atoms with Crippen molar-refractivity contribution in [3.8, 4) is 0 Å². The second kappa shape index (κ2) is 6.93. The molecule has 2 aromatic carbocycles. The molecule has 4 heteroatoms. The molecule has 0 saturated heterocycles. The molecule has 2 aromatic rings. The van der Waals surface area contributed by atoms with Crippen LogP contribution in [0.15, 0.2) is 48.5 Å². The molecule has 90 valence electrons. The van der Waals surface area contributed by atoms with Crippen molar-refractivity contribution in [3.05, 3.63) is 48.5 Å². The number of carboxylic acids is 1. The Hall–Kier alpha value is -1.52. The first-order chi connectivity index (χ1) is 8.09. The van der Waals surface area contributed by atoms with E-state index in [1.54, 1.807) is 0 Å². The molecule has 1 atom stereocenters. The Morgan fingerprint density at radius 1 is 1.12 bits per heavy atom. The van der Waals surface area contributed by atoms with E-state index in [9.17, 15) is 4.79 Å². The number of carboxylic acid groups (broad SMARTS) is 1. The Morgan fingerprint density at radius 3 is 1.65 bits per heavy atom. The maximum Gasteiger partial charge on any atom is 0.305 e. The highest BCUT2D eigenvalue weighted by atomic mass is 32.1. The van der Waals surface area contributed by atoms with Crippen LogP contribution < -0.4 is 5.73 Å². The lowest BCUT2D eigenvalue weighted by Crippen LogP contribution is -2.16. The third-order valence-electron chi connectivity index (χ3n) is 2.04. The van der Waals surface area contributed by atoms with Gasteiger partial charge in [-0.05, 0) is 10.8 Å². The highest BCUT2D eigenvalue weighted by Gasteiger charge is 1.99. The lowest BCUT2D eigenvalue weighted by molar-refractivity contribution is -0.136. The molecule has 0 spiro atoms. The molecule has 0 aliphatic rings. The van der Waals surface area contributed by atoms with E-state index in [0.717, 1.165) is 0 Å². The largest absolute Gasteiger partial charge is 0.481 e. The summed E-state index contributed by atoms with van der Waals surface area (Å²) in [5, 5.41) is 10.0. The van der Waals surface area contributed by atoms with Crippen molar-refractivity contribution in [1.29, 1.82) is 0 Å². The summed E-state index contributed by atoms with van der Waals surface area (Å²) in [4.78, 5) is 9.68. The summed E-state index contributed by atoms with van der Waals surface area (Å²) in [6.45, 7) is 0. The Balaban J connectivity index is 0.000000185. The van der Waals surface area contributed by atoms with Crippen LogP contribution in [0.2, 0.25) is 0 Å². The van der Waals surface area contributed by atoms with Gasteiger partial charge in [0.25, 0.3) is 0 Å². The van der Waals surface area contributed by atoms with Gasteiger partial charge >= 0.3 is 5.97 Å². The minimum Gasteiger partial charge on any atom is -0.481 e. The molecule has 0 bridgehead atoms. The zero-order valence-corrected chi connectivity index (χ0v) is 10.2. The van der Waals surface area contributed by atoms with Crippen LogP contribution in [0.25, 0.3) is 10.8 Å². The number of hydrogen-bond acceptors (Lipinski definition) is 3. The van der Waals surface area contributed by atoms with Crippen LogP contribution in [-0.4, -0.2) is 16.4 Å². The number of rotatable bonds is 2. The Labute approximate surface area is 106 Å². The fourth-order valence-electron chi connectivity index (χ4n) is 1.31. The van der Waals surface area contributed by atoms with E-state index in [-0.39, 0.29) is 6.42 Å². The van der Waals surface area contributed by atoms with Gasteiger partial charge in [-0.2, -0.15) is 12.6 Å². The summed E-state index contributed by atoms with van der Waals surface area (Å²) in [5.74, 6) is -0.914. The van der Waals surface area contributed by atoms with Crippen LogP contribution in [0.3, 0.4) is 0 Å². The van der Waals surface area contributed by atoms with Crippen molar-refractivity contribution in [1.82, 2.24) is 0 Å². The van der Waals surface area contributed by atoms with Gasteiger partial charge in [-0.15, -0.1) is 0 Å². The molecule has 1 unspecified atom stereocenters. The van der Waals surface area contributed by atoms with Crippen LogP contribution in [0, 0.1) is 0 Å². The van der Waals surface area contributed by atoms with E-state index >= 15 is 0 Å². The zero-order chi connectivity index (χ0) is 12.7. The maximum atomic E-state index is 9.68. The average Bonchev–Trinajstić information content (AvgIpc) is 2.28. The fraction of sp³-hybridized carbons (Fsp3) is 0.154. The molecule has 3 N–H and O–H groups in total. The quantitative estimate of drug-likeness (QED) is 0.566. The Kier molecular flexibility index (Phi) is 5.52. The third-order valence-corrected chi connectivity index (χ3v) is 2.23. The number of hydrogen-bond donors (Lipinski definition) is 3. The summed E-state index contributed by atoms with van der Waals surface area (Å²) in [5.41, 5.74) is 4.98. The van der Waals surface area contributed by atoms with Crippen molar-refractivity contribution in [2.24, 2.45) is 5.73 Å². The Morgan fingerprint density at radius 2 is 1.47 bits per heavy atom. The van der Waals surface area contributed by atoms with Crippen LogP contribution in [-0.2, 0) is 4.79 Å². The predicted octanol–water partition coefficient (Wildman–Crippen LogP) is 2.52. The van der Waals surface area contributed by atoms with Crippen molar-refractivity contribution in [3.63, 3.8) is 0 Å². The van der Waals surface area contributed by atoms with Crippen molar-refractivity contribution < 1.29 is 9.90 Å². The topological polar surface area (TPSA) is 63.3 Å². The first kappa shape index (κ1) is 13.5. The van der Waals surface area contributed by atoms with Gasteiger partial charge in [0.05, 0.1) is 11.8 Å². The summed E-state index contributed by atoms with van der Waals surface area (Å²) >= 11 is 3.63. The number of benzene rings is 2. The normalized spacial score (nSPS) is 11.4. The highest BCUT2D eigenvalue weighted by Crippen LogP contribution is 2.11. The molecule has 3 nitrogen and oxygen atoms in total. The van der Waals surface area contributed by atoms with Crippen molar-refractivity contribution in [2.75, 3.05) is 0 Å². The second-order valence-corrected chi connectivity index (χ2v) is 4.18. The summed E-state index contributed by atoms with van der Waals surface area (Å²) in [7, 11) is 0. The minimum atomic E-state index is -0.914. The first-order valence-electron chi connectivity index (χ1n) is 5.19. The van der Waals surface area contributed by atoms with E-state index < -0.39 is 11.3 Å². The molecule has 0 aromatic heterocycles. The summed E-state index contributed by atoms with van der Waals surface area (Å²) in [6.07, 6.45) is -0.0802. The number of fused-ring (bicyclic) bond motifs is 1. The fourth-order valence-corrected chi connectivity index (χ4v) is 1.47. The summed E-state index contributed by atoms with van der Waals surface area (Å²) < 4.78 is 0. The van der Waals surface area contributed by atoms with Crippen LogP contribution in [0.4, 0.5) is 0 Å². The average molecular weight is 249 g/mol. The van der Waals surface area contributed by atoms with Gasteiger partial charge in [0.1, 0.15) is 0 Å². The summed E-state index contributed by atoms with van der Waals surface area (Å²) in [6, 6.07) is 16.7. The van der Waals surface area contributed by atoms with Gasteiger partial charge in [-0.3, -0.25) is 4.79 Å². The molecule has 17 heavy (non-hydrogen) atoms. The first-order valence-corrected chi connectivity index (χ1v) is 5.70. The SMILES string of the molecule is NC(S)CC(=O)O.c1ccc2ccccc2c1. The van der Waals surface area contributed by atoms with Gasteiger partial charge < -0.3 is 10.8 Å². The van der Waals surface area contributed by atoms with Crippen LogP contribution in [0.1, 0.15) is 6.42 Å². The smallest absolute Gasteiger partial charge is 0.305 e. The van der Waals surface area contributed by atoms with Crippen LogP contribution in [0.5, 0.6) is 0 Å². The standard InChI is InChI=1S/C10H8.C3H7NO2S/c1-2-6-10-8-4-3-7-9(10)5-1;4-2(7)1-3(5)6/h1-8H;2,7H,1,4H2,(H,5,6). The van der Waals surface area contributed by atoms with E-state index in [1.165, 1.54) is 10.8 Å². The van der Waals surface area contributed by atoms with Gasteiger partial charge in [-0.25, -0.2) is 0 Å². The molecule has 0 amide bonds. The molecular formula is C13H15NO2S. The van der Waals surface area contributed by atoms with Gasteiger partial charge in [-0.1, -0.05) is 48.5 Å². The van der Waals surface area contributed by atoms with Crippen LogP contribution >= 0.6 is 12.6 Å². The number of nitrogens with two attached hydrogens (primary N) is 1. The number of carbonyl (C=O) groups is 1. The minimum absolute atomic E-state index is 0.0802. The predicted molar refractivity (Wildman–Crippen MR) is 73.2 cm³/mol. The molecule has 2 rings (SSSR count). The van der Waals surface area contributed by atoms with Gasteiger partial charge in [0, 0.05) is 0 Å². The molecule has 0 fully saturated rings. The van der Waals surface area contributed by atoms with Crippen molar-refractivity contribution in [2.45, 2.75) is 11.8 Å². The highest BCUT2D eigenvalue weighted by molar-refractivity contribution is 7.80. The molecule has 0 saturated carbocycles. The lowest BCUT2D eigenvalue weighted by atomic mass is 10.1. The lowest BCUT2D eigenvalue weighted by Gasteiger charge is -1.94. The third kappa shape index (κ3) is 5.38. The van der Waals surface area contributed by atoms with E-state index in [4.69, 9.17) is 10.8 Å². The molecular weight excluding hydrogens is 234 g/mol.